The highest BCUT2D eigenvalue weighted by molar-refractivity contribution is 6.28. The predicted octanol–water partition coefficient (Wildman–Crippen LogP) is 8.62. The van der Waals surface area contributed by atoms with Gasteiger partial charge in [-0.15, -0.1) is 0 Å². The van der Waals surface area contributed by atoms with Crippen molar-refractivity contribution in [2.75, 3.05) is 0 Å². The van der Waals surface area contributed by atoms with E-state index < -0.39 is 0 Å². The van der Waals surface area contributed by atoms with E-state index in [9.17, 15) is 0 Å². The van der Waals surface area contributed by atoms with E-state index in [4.69, 9.17) is 16.6 Å². The SMILES string of the molecule is Clc1nc(-c2ccc3c4ccccc4n(-c4ccccc4)c3c2)nc(-c2ccccc2-c2ccccc2)n1. The quantitative estimate of drug-likeness (QED) is 0.239. The molecule has 0 amide bonds. The summed E-state index contributed by atoms with van der Waals surface area (Å²) in [6.45, 7) is 0. The Labute approximate surface area is 224 Å². The van der Waals surface area contributed by atoms with Crippen LogP contribution in [0, 0.1) is 0 Å². The lowest BCUT2D eigenvalue weighted by molar-refractivity contribution is 1.07. The van der Waals surface area contributed by atoms with E-state index in [0.29, 0.717) is 11.6 Å². The number of para-hydroxylation sites is 2. The predicted molar refractivity (Wildman–Crippen MR) is 155 cm³/mol. The fourth-order valence-electron chi connectivity index (χ4n) is 5.11. The molecule has 0 fully saturated rings. The van der Waals surface area contributed by atoms with Crippen LogP contribution < -0.4 is 0 Å². The minimum Gasteiger partial charge on any atom is -0.309 e. The van der Waals surface area contributed by atoms with E-state index in [1.165, 1.54) is 10.8 Å². The van der Waals surface area contributed by atoms with E-state index in [-0.39, 0.29) is 5.28 Å². The van der Waals surface area contributed by atoms with Crippen LogP contribution in [-0.4, -0.2) is 19.5 Å². The summed E-state index contributed by atoms with van der Waals surface area (Å²) in [5, 5.41) is 2.53. The molecule has 0 unspecified atom stereocenters. The zero-order valence-corrected chi connectivity index (χ0v) is 21.0. The fraction of sp³-hybridized carbons (Fsp3) is 0. The standard InChI is InChI=1S/C33H21ClN4/c34-33-36-31(35-32(37-33)28-17-8-7-15-25(28)22-11-3-1-4-12-22)23-19-20-27-26-16-9-10-18-29(26)38(30(27)21-23)24-13-5-2-6-14-24/h1-21H. The number of rotatable bonds is 4. The first-order valence-electron chi connectivity index (χ1n) is 12.4. The molecule has 0 atom stereocenters. The molecule has 180 valence electrons. The Morgan fingerprint density at radius 1 is 0.474 bits per heavy atom. The zero-order chi connectivity index (χ0) is 25.5. The summed E-state index contributed by atoms with van der Waals surface area (Å²) in [7, 11) is 0. The third kappa shape index (κ3) is 3.83. The first-order valence-corrected chi connectivity index (χ1v) is 12.8. The first kappa shape index (κ1) is 22.4. The van der Waals surface area contributed by atoms with Crippen LogP contribution in [0.5, 0.6) is 0 Å². The van der Waals surface area contributed by atoms with Gasteiger partial charge in [0.15, 0.2) is 11.6 Å². The number of nitrogens with zero attached hydrogens (tertiary/aromatic N) is 4. The van der Waals surface area contributed by atoms with Crippen molar-refractivity contribution in [3.8, 4) is 39.6 Å². The average molecular weight is 509 g/mol. The Balaban J connectivity index is 1.43. The van der Waals surface area contributed by atoms with Gasteiger partial charge in [-0.2, -0.15) is 9.97 Å². The number of benzene rings is 5. The van der Waals surface area contributed by atoms with Crippen LogP contribution in [0.1, 0.15) is 0 Å². The molecule has 2 aromatic heterocycles. The highest BCUT2D eigenvalue weighted by Crippen LogP contribution is 2.35. The normalized spacial score (nSPS) is 11.3. The second-order valence-electron chi connectivity index (χ2n) is 9.08. The van der Waals surface area contributed by atoms with E-state index >= 15 is 0 Å². The Kier molecular flexibility index (Phi) is 5.46. The van der Waals surface area contributed by atoms with Crippen molar-refractivity contribution in [1.82, 2.24) is 19.5 Å². The van der Waals surface area contributed by atoms with Gasteiger partial charge < -0.3 is 4.57 Å². The molecular weight excluding hydrogens is 488 g/mol. The number of aromatic nitrogens is 4. The van der Waals surface area contributed by atoms with Crippen molar-refractivity contribution >= 4 is 33.4 Å². The van der Waals surface area contributed by atoms with Crippen LogP contribution in [0.15, 0.2) is 127 Å². The summed E-state index contributed by atoms with van der Waals surface area (Å²) >= 11 is 6.49. The Bertz CT molecular complexity index is 1930. The molecule has 0 spiro atoms. The molecule has 0 radical (unpaired) electrons. The molecule has 0 aliphatic rings. The molecular formula is C33H21ClN4. The van der Waals surface area contributed by atoms with E-state index in [1.54, 1.807) is 0 Å². The molecule has 4 nitrogen and oxygen atoms in total. The molecule has 5 heteroatoms. The highest BCUT2D eigenvalue weighted by atomic mass is 35.5. The van der Waals surface area contributed by atoms with E-state index in [1.807, 2.05) is 42.5 Å². The van der Waals surface area contributed by atoms with Gasteiger partial charge in [0.25, 0.3) is 0 Å². The summed E-state index contributed by atoms with van der Waals surface area (Å²) in [5.41, 5.74) is 7.25. The van der Waals surface area contributed by atoms with Crippen molar-refractivity contribution in [1.29, 1.82) is 0 Å². The van der Waals surface area contributed by atoms with Gasteiger partial charge in [-0.1, -0.05) is 103 Å². The van der Waals surface area contributed by atoms with Gasteiger partial charge in [-0.3, -0.25) is 0 Å². The molecule has 38 heavy (non-hydrogen) atoms. The summed E-state index contributed by atoms with van der Waals surface area (Å²) in [4.78, 5) is 14.0. The lowest BCUT2D eigenvalue weighted by Gasteiger charge is -2.11. The van der Waals surface area contributed by atoms with Crippen LogP contribution in [0.4, 0.5) is 0 Å². The lowest BCUT2D eigenvalue weighted by atomic mass is 9.99. The van der Waals surface area contributed by atoms with Crippen molar-refractivity contribution in [2.45, 2.75) is 0 Å². The van der Waals surface area contributed by atoms with Crippen LogP contribution in [-0.2, 0) is 0 Å². The second kappa shape index (κ2) is 9.25. The largest absolute Gasteiger partial charge is 0.309 e. The molecule has 0 aliphatic heterocycles. The van der Waals surface area contributed by atoms with Crippen LogP contribution in [0.2, 0.25) is 5.28 Å². The number of halogens is 1. The van der Waals surface area contributed by atoms with Gasteiger partial charge in [-0.05, 0) is 47.0 Å². The second-order valence-corrected chi connectivity index (χ2v) is 9.42. The third-order valence-corrected chi connectivity index (χ3v) is 6.98. The molecule has 0 aliphatic carbocycles. The maximum atomic E-state index is 6.49. The molecule has 0 saturated carbocycles. The number of hydrogen-bond donors (Lipinski definition) is 0. The maximum Gasteiger partial charge on any atom is 0.226 e. The Morgan fingerprint density at radius 2 is 1.11 bits per heavy atom. The van der Waals surface area contributed by atoms with Crippen LogP contribution in [0.3, 0.4) is 0 Å². The number of fused-ring (bicyclic) bond motifs is 3. The van der Waals surface area contributed by atoms with E-state index in [2.05, 4.69) is 99.5 Å². The molecule has 5 aromatic carbocycles. The van der Waals surface area contributed by atoms with E-state index in [0.717, 1.165) is 39.0 Å². The number of hydrogen-bond acceptors (Lipinski definition) is 3. The van der Waals surface area contributed by atoms with Crippen molar-refractivity contribution in [2.24, 2.45) is 0 Å². The molecule has 2 heterocycles. The highest BCUT2D eigenvalue weighted by Gasteiger charge is 2.16. The van der Waals surface area contributed by atoms with Crippen molar-refractivity contribution in [3.05, 3.63) is 133 Å². The molecule has 0 saturated heterocycles. The maximum absolute atomic E-state index is 6.49. The lowest BCUT2D eigenvalue weighted by Crippen LogP contribution is -1.99. The van der Waals surface area contributed by atoms with Crippen LogP contribution >= 0.6 is 11.6 Å². The van der Waals surface area contributed by atoms with Crippen molar-refractivity contribution in [3.63, 3.8) is 0 Å². The van der Waals surface area contributed by atoms with Crippen LogP contribution in [0.25, 0.3) is 61.4 Å². The van der Waals surface area contributed by atoms with Crippen molar-refractivity contribution < 1.29 is 0 Å². The molecule has 7 rings (SSSR count). The summed E-state index contributed by atoms with van der Waals surface area (Å²) < 4.78 is 2.28. The van der Waals surface area contributed by atoms with Gasteiger partial charge in [0.05, 0.1) is 11.0 Å². The Morgan fingerprint density at radius 3 is 1.92 bits per heavy atom. The zero-order valence-electron chi connectivity index (χ0n) is 20.3. The first-order chi connectivity index (χ1) is 18.8. The van der Waals surface area contributed by atoms with Gasteiger partial charge in [0.2, 0.25) is 5.28 Å². The summed E-state index contributed by atoms with van der Waals surface area (Å²) in [6.07, 6.45) is 0. The monoisotopic (exact) mass is 508 g/mol. The Hall–Kier alpha value is -4.80. The molecule has 0 bridgehead atoms. The fourth-order valence-corrected chi connectivity index (χ4v) is 5.27. The minimum absolute atomic E-state index is 0.163. The molecule has 7 aromatic rings. The summed E-state index contributed by atoms with van der Waals surface area (Å²) in [5.74, 6) is 1.08. The topological polar surface area (TPSA) is 43.6 Å². The van der Waals surface area contributed by atoms with Gasteiger partial charge in [-0.25, -0.2) is 4.98 Å². The smallest absolute Gasteiger partial charge is 0.226 e. The van der Waals surface area contributed by atoms with Gasteiger partial charge >= 0.3 is 0 Å². The average Bonchev–Trinajstić information content (AvgIpc) is 3.31. The minimum atomic E-state index is 0.163. The summed E-state index contributed by atoms with van der Waals surface area (Å²) in [6, 6.07) is 43.5. The third-order valence-electron chi connectivity index (χ3n) is 6.81. The van der Waals surface area contributed by atoms with Gasteiger partial charge in [0.1, 0.15) is 0 Å². The van der Waals surface area contributed by atoms with Gasteiger partial charge in [0, 0.05) is 27.6 Å². The molecule has 0 N–H and O–H groups in total.